The van der Waals surface area contributed by atoms with Crippen molar-refractivity contribution in [2.45, 2.75) is 24.7 Å². The Morgan fingerprint density at radius 3 is 2.53 bits per heavy atom. The molecule has 0 aromatic heterocycles. The molecule has 0 aliphatic carbocycles. The SMILES string of the molecule is COc1ccc(C(=O)N(C)CCOc2cccc(C)c2)cc1S(=O)(=O)N1CCCC1. The van der Waals surface area contributed by atoms with E-state index in [9.17, 15) is 13.2 Å². The Balaban J connectivity index is 1.72. The van der Waals surface area contributed by atoms with Crippen LogP contribution in [0.3, 0.4) is 0 Å². The summed E-state index contributed by atoms with van der Waals surface area (Å²) in [6, 6.07) is 12.2. The Kier molecular flexibility index (Phi) is 6.99. The van der Waals surface area contributed by atoms with E-state index in [1.165, 1.54) is 28.4 Å². The van der Waals surface area contributed by atoms with Gasteiger partial charge in [-0.15, -0.1) is 0 Å². The van der Waals surface area contributed by atoms with Crippen molar-refractivity contribution in [3.8, 4) is 11.5 Å². The Morgan fingerprint density at radius 1 is 1.13 bits per heavy atom. The number of hydrogen-bond acceptors (Lipinski definition) is 5. The number of hydrogen-bond donors (Lipinski definition) is 0. The van der Waals surface area contributed by atoms with Gasteiger partial charge in [0.05, 0.1) is 13.7 Å². The first-order valence-corrected chi connectivity index (χ1v) is 11.4. The second-order valence-electron chi connectivity index (χ2n) is 7.37. The molecule has 0 unspecified atom stereocenters. The van der Waals surface area contributed by atoms with E-state index in [0.29, 0.717) is 31.8 Å². The van der Waals surface area contributed by atoms with E-state index >= 15 is 0 Å². The lowest BCUT2D eigenvalue weighted by molar-refractivity contribution is 0.0773. The molecule has 2 aromatic carbocycles. The second kappa shape index (κ2) is 9.49. The first-order chi connectivity index (χ1) is 14.3. The van der Waals surface area contributed by atoms with Crippen molar-refractivity contribution in [2.24, 2.45) is 0 Å². The summed E-state index contributed by atoms with van der Waals surface area (Å²) in [7, 11) is -0.615. The predicted molar refractivity (Wildman–Crippen MR) is 115 cm³/mol. The van der Waals surface area contributed by atoms with Gasteiger partial charge in [0.2, 0.25) is 10.0 Å². The molecule has 162 valence electrons. The largest absolute Gasteiger partial charge is 0.495 e. The zero-order chi connectivity index (χ0) is 21.7. The molecule has 1 aliphatic heterocycles. The molecule has 1 saturated heterocycles. The van der Waals surface area contributed by atoms with Crippen LogP contribution in [0.25, 0.3) is 0 Å². The molecule has 0 N–H and O–H groups in total. The highest BCUT2D eigenvalue weighted by atomic mass is 32.2. The Morgan fingerprint density at radius 2 is 1.87 bits per heavy atom. The number of aryl methyl sites for hydroxylation is 1. The van der Waals surface area contributed by atoms with Crippen LogP contribution >= 0.6 is 0 Å². The first-order valence-electron chi connectivity index (χ1n) is 9.96. The van der Waals surface area contributed by atoms with Gasteiger partial charge >= 0.3 is 0 Å². The fourth-order valence-corrected chi connectivity index (χ4v) is 5.10. The Labute approximate surface area is 178 Å². The number of benzene rings is 2. The van der Waals surface area contributed by atoms with Gasteiger partial charge in [-0.05, 0) is 55.7 Å². The topological polar surface area (TPSA) is 76.1 Å². The normalized spacial score (nSPS) is 14.5. The van der Waals surface area contributed by atoms with Gasteiger partial charge in [0.25, 0.3) is 5.91 Å². The van der Waals surface area contributed by atoms with Crippen molar-refractivity contribution in [2.75, 3.05) is 40.4 Å². The highest BCUT2D eigenvalue weighted by Gasteiger charge is 2.31. The van der Waals surface area contributed by atoms with Gasteiger partial charge in [-0.3, -0.25) is 4.79 Å². The van der Waals surface area contributed by atoms with E-state index in [-0.39, 0.29) is 16.6 Å². The van der Waals surface area contributed by atoms with Crippen molar-refractivity contribution >= 4 is 15.9 Å². The minimum atomic E-state index is -3.71. The minimum Gasteiger partial charge on any atom is -0.495 e. The molecule has 0 spiro atoms. The van der Waals surface area contributed by atoms with Gasteiger partial charge in [0.15, 0.2) is 0 Å². The summed E-state index contributed by atoms with van der Waals surface area (Å²) in [5.74, 6) is 0.714. The van der Waals surface area contributed by atoms with Crippen LogP contribution in [0, 0.1) is 6.92 Å². The summed E-state index contributed by atoms with van der Waals surface area (Å²) in [4.78, 5) is 14.4. The van der Waals surface area contributed by atoms with Gasteiger partial charge in [-0.25, -0.2) is 8.42 Å². The first kappa shape index (κ1) is 22.1. The zero-order valence-corrected chi connectivity index (χ0v) is 18.4. The third-order valence-corrected chi connectivity index (χ3v) is 7.04. The van der Waals surface area contributed by atoms with Gasteiger partial charge < -0.3 is 14.4 Å². The van der Waals surface area contributed by atoms with Crippen molar-refractivity contribution in [3.63, 3.8) is 0 Å². The van der Waals surface area contributed by atoms with E-state index in [1.807, 2.05) is 31.2 Å². The summed E-state index contributed by atoms with van der Waals surface area (Å²) in [5.41, 5.74) is 1.40. The van der Waals surface area contributed by atoms with Crippen molar-refractivity contribution < 1.29 is 22.7 Å². The molecule has 1 heterocycles. The zero-order valence-electron chi connectivity index (χ0n) is 17.6. The molecule has 0 radical (unpaired) electrons. The fourth-order valence-electron chi connectivity index (χ4n) is 3.41. The number of ether oxygens (including phenoxy) is 2. The summed E-state index contributed by atoms with van der Waals surface area (Å²) < 4.78 is 38.4. The number of likely N-dealkylation sites (N-methyl/N-ethyl adjacent to an activating group) is 1. The van der Waals surface area contributed by atoms with E-state index in [0.717, 1.165) is 24.2 Å². The Hall–Kier alpha value is -2.58. The number of amides is 1. The van der Waals surface area contributed by atoms with E-state index in [4.69, 9.17) is 9.47 Å². The average molecular weight is 433 g/mol. The standard InChI is InChI=1S/C22H28N2O5S/c1-17-7-6-8-19(15-17)29-14-13-23(2)22(25)18-9-10-20(28-3)21(16-18)30(26,27)24-11-4-5-12-24/h6-10,15-16H,4-5,11-14H2,1-3H3. The van der Waals surface area contributed by atoms with Crippen LogP contribution in [-0.4, -0.2) is 63.9 Å². The quantitative estimate of drug-likeness (QED) is 0.641. The average Bonchev–Trinajstić information content (AvgIpc) is 3.28. The molecule has 7 nitrogen and oxygen atoms in total. The summed E-state index contributed by atoms with van der Waals surface area (Å²) in [6.45, 7) is 3.66. The monoisotopic (exact) mass is 432 g/mol. The van der Waals surface area contributed by atoms with Crippen LogP contribution in [-0.2, 0) is 10.0 Å². The van der Waals surface area contributed by atoms with Gasteiger partial charge in [-0.1, -0.05) is 12.1 Å². The molecule has 0 atom stereocenters. The molecule has 3 rings (SSSR count). The third kappa shape index (κ3) is 4.94. The molecule has 0 saturated carbocycles. The van der Waals surface area contributed by atoms with Crippen LogP contribution in [0.15, 0.2) is 47.4 Å². The van der Waals surface area contributed by atoms with E-state index in [1.54, 1.807) is 13.1 Å². The van der Waals surface area contributed by atoms with Crippen molar-refractivity contribution in [3.05, 3.63) is 53.6 Å². The lowest BCUT2D eigenvalue weighted by atomic mass is 10.2. The third-order valence-electron chi connectivity index (χ3n) is 5.13. The molecule has 30 heavy (non-hydrogen) atoms. The minimum absolute atomic E-state index is 0.0298. The van der Waals surface area contributed by atoms with Gasteiger partial charge in [0.1, 0.15) is 23.0 Å². The van der Waals surface area contributed by atoms with Crippen LogP contribution in [0.4, 0.5) is 0 Å². The highest BCUT2D eigenvalue weighted by molar-refractivity contribution is 7.89. The lowest BCUT2D eigenvalue weighted by Gasteiger charge is -2.20. The van der Waals surface area contributed by atoms with Crippen LogP contribution in [0.5, 0.6) is 11.5 Å². The predicted octanol–water partition coefficient (Wildman–Crippen LogP) is 2.94. The molecule has 8 heteroatoms. The van der Waals surface area contributed by atoms with Crippen molar-refractivity contribution in [1.29, 1.82) is 0 Å². The molecular weight excluding hydrogens is 404 g/mol. The fraction of sp³-hybridized carbons (Fsp3) is 0.409. The maximum absolute atomic E-state index is 13.0. The van der Waals surface area contributed by atoms with Crippen LogP contribution in [0.1, 0.15) is 28.8 Å². The summed E-state index contributed by atoms with van der Waals surface area (Å²) >= 11 is 0. The van der Waals surface area contributed by atoms with E-state index in [2.05, 4.69) is 0 Å². The lowest BCUT2D eigenvalue weighted by Crippen LogP contribution is -2.31. The molecule has 1 fully saturated rings. The van der Waals surface area contributed by atoms with Gasteiger partial charge in [-0.2, -0.15) is 4.31 Å². The van der Waals surface area contributed by atoms with Crippen LogP contribution < -0.4 is 9.47 Å². The second-order valence-corrected chi connectivity index (χ2v) is 9.27. The molecular formula is C22H28N2O5S. The number of carbonyl (C=O) groups excluding carboxylic acids is 1. The number of carbonyl (C=O) groups is 1. The maximum atomic E-state index is 13.0. The Bertz CT molecular complexity index is 1000. The molecule has 2 aromatic rings. The number of sulfonamides is 1. The summed E-state index contributed by atoms with van der Waals surface area (Å²) in [6.07, 6.45) is 1.67. The molecule has 1 amide bonds. The maximum Gasteiger partial charge on any atom is 0.253 e. The number of rotatable bonds is 8. The van der Waals surface area contributed by atoms with Crippen molar-refractivity contribution in [1.82, 2.24) is 9.21 Å². The summed E-state index contributed by atoms with van der Waals surface area (Å²) in [5, 5.41) is 0. The number of nitrogens with zero attached hydrogens (tertiary/aromatic N) is 2. The molecule has 0 bridgehead atoms. The molecule has 1 aliphatic rings. The number of methoxy groups -OCH3 is 1. The smallest absolute Gasteiger partial charge is 0.253 e. The highest BCUT2D eigenvalue weighted by Crippen LogP contribution is 2.30. The van der Waals surface area contributed by atoms with E-state index < -0.39 is 10.0 Å². The van der Waals surface area contributed by atoms with Crippen LogP contribution in [0.2, 0.25) is 0 Å². The van der Waals surface area contributed by atoms with Gasteiger partial charge in [0, 0.05) is 25.7 Å².